The average Bonchev–Trinajstić information content (AvgIpc) is 3.25. The van der Waals surface area contributed by atoms with E-state index in [4.69, 9.17) is 14.2 Å². The van der Waals surface area contributed by atoms with E-state index in [0.717, 1.165) is 41.5 Å². The minimum Gasteiger partial charge on any atom is -0.497 e. The SMILES string of the molecule is CCC1(CC(=O)O)CCc2ccc(OCc3ccc(-c4cc(OC)ccc4F)c([C@H](OC)C(C)(C)C)c3)cc21. The van der Waals surface area contributed by atoms with Gasteiger partial charge in [0.15, 0.2) is 0 Å². The van der Waals surface area contributed by atoms with E-state index in [1.54, 1.807) is 26.4 Å². The molecule has 0 amide bonds. The van der Waals surface area contributed by atoms with Crippen LogP contribution < -0.4 is 9.47 Å². The third-order valence-electron chi connectivity index (χ3n) is 7.98. The molecule has 0 radical (unpaired) electrons. The van der Waals surface area contributed by atoms with Gasteiger partial charge in [-0.15, -0.1) is 0 Å². The summed E-state index contributed by atoms with van der Waals surface area (Å²) in [6.07, 6.45) is 2.32. The molecule has 0 bridgehead atoms. The zero-order chi connectivity index (χ0) is 28.4. The Labute approximate surface area is 230 Å². The van der Waals surface area contributed by atoms with E-state index in [1.165, 1.54) is 11.6 Å². The molecule has 5 nitrogen and oxygen atoms in total. The Morgan fingerprint density at radius 1 is 1.03 bits per heavy atom. The van der Waals surface area contributed by atoms with Crippen LogP contribution in [0.3, 0.4) is 0 Å². The zero-order valence-corrected chi connectivity index (χ0v) is 23.8. The maximum atomic E-state index is 15.0. The van der Waals surface area contributed by atoms with Crippen molar-refractivity contribution in [2.75, 3.05) is 14.2 Å². The number of carbonyl (C=O) groups is 1. The summed E-state index contributed by atoms with van der Waals surface area (Å²) >= 11 is 0. The van der Waals surface area contributed by atoms with Crippen LogP contribution in [0.2, 0.25) is 0 Å². The quantitative estimate of drug-likeness (QED) is 0.287. The standard InChI is InChI=1S/C33H39FO5/c1-7-33(19-30(35)36)15-14-22-9-10-24(18-28(22)33)39-20-21-8-12-25(26-17-23(37-5)11-13-29(26)34)27(16-21)31(38-6)32(2,3)4/h8-13,16-18,31H,7,14-15,19-20H2,1-6H3,(H,35,36)/t31-,33?/m0/s1. The molecule has 1 aliphatic carbocycles. The lowest BCUT2D eigenvalue weighted by Gasteiger charge is -2.32. The number of benzene rings is 3. The number of methoxy groups -OCH3 is 2. The summed E-state index contributed by atoms with van der Waals surface area (Å²) in [5.41, 5.74) is 4.69. The second-order valence-electron chi connectivity index (χ2n) is 11.6. The highest BCUT2D eigenvalue weighted by Crippen LogP contribution is 2.46. The Bertz CT molecular complexity index is 1340. The van der Waals surface area contributed by atoms with Gasteiger partial charge in [0.25, 0.3) is 0 Å². The van der Waals surface area contributed by atoms with Gasteiger partial charge in [-0.25, -0.2) is 4.39 Å². The first-order valence-corrected chi connectivity index (χ1v) is 13.5. The number of rotatable bonds is 10. The number of carboxylic acid groups (broad SMARTS) is 1. The highest BCUT2D eigenvalue weighted by Gasteiger charge is 2.39. The van der Waals surface area contributed by atoms with Gasteiger partial charge < -0.3 is 19.3 Å². The van der Waals surface area contributed by atoms with Crippen molar-refractivity contribution < 1.29 is 28.5 Å². The molecule has 1 unspecified atom stereocenters. The summed E-state index contributed by atoms with van der Waals surface area (Å²) in [5, 5.41) is 9.54. The molecule has 0 heterocycles. The number of ether oxygens (including phenoxy) is 3. The molecular formula is C33H39FO5. The third kappa shape index (κ3) is 5.96. The van der Waals surface area contributed by atoms with Crippen LogP contribution in [0.15, 0.2) is 54.6 Å². The Morgan fingerprint density at radius 2 is 1.77 bits per heavy atom. The molecule has 0 fully saturated rings. The first-order chi connectivity index (χ1) is 18.5. The molecule has 0 aromatic heterocycles. The first-order valence-electron chi connectivity index (χ1n) is 13.5. The van der Waals surface area contributed by atoms with Gasteiger partial charge in [0.1, 0.15) is 23.9 Å². The largest absolute Gasteiger partial charge is 0.497 e. The maximum absolute atomic E-state index is 15.0. The molecule has 0 spiro atoms. The van der Waals surface area contributed by atoms with Gasteiger partial charge in [-0.3, -0.25) is 4.79 Å². The summed E-state index contributed by atoms with van der Waals surface area (Å²) in [7, 11) is 3.24. The van der Waals surface area contributed by atoms with Gasteiger partial charge in [-0.1, -0.05) is 45.9 Å². The normalized spacial score (nSPS) is 17.5. The molecule has 0 saturated carbocycles. The number of halogens is 1. The van der Waals surface area contributed by atoms with E-state index < -0.39 is 5.97 Å². The van der Waals surface area contributed by atoms with Gasteiger partial charge in [0.05, 0.1) is 19.6 Å². The average molecular weight is 535 g/mol. The fourth-order valence-electron chi connectivity index (χ4n) is 5.95. The second kappa shape index (κ2) is 11.4. The predicted molar refractivity (Wildman–Crippen MR) is 151 cm³/mol. The van der Waals surface area contributed by atoms with Crippen molar-refractivity contribution in [1.29, 1.82) is 0 Å². The molecule has 1 N–H and O–H groups in total. The van der Waals surface area contributed by atoms with E-state index in [2.05, 4.69) is 33.8 Å². The number of aryl methyl sites for hydroxylation is 1. The monoisotopic (exact) mass is 534 g/mol. The summed E-state index contributed by atoms with van der Waals surface area (Å²) in [6.45, 7) is 8.65. The van der Waals surface area contributed by atoms with E-state index in [0.29, 0.717) is 23.7 Å². The van der Waals surface area contributed by atoms with Crippen LogP contribution in [-0.2, 0) is 28.0 Å². The number of fused-ring (bicyclic) bond motifs is 1. The van der Waals surface area contributed by atoms with Crippen LogP contribution in [-0.4, -0.2) is 25.3 Å². The predicted octanol–water partition coefficient (Wildman–Crippen LogP) is 7.88. The first kappa shape index (κ1) is 28.6. The number of hydrogen-bond acceptors (Lipinski definition) is 4. The van der Waals surface area contributed by atoms with Gasteiger partial charge in [0.2, 0.25) is 0 Å². The van der Waals surface area contributed by atoms with E-state index in [1.807, 2.05) is 30.3 Å². The zero-order valence-electron chi connectivity index (χ0n) is 23.8. The fourth-order valence-corrected chi connectivity index (χ4v) is 5.95. The van der Waals surface area contributed by atoms with Crippen molar-refractivity contribution >= 4 is 5.97 Å². The van der Waals surface area contributed by atoms with E-state index in [9.17, 15) is 9.90 Å². The molecule has 2 atom stereocenters. The topological polar surface area (TPSA) is 65.0 Å². The molecule has 6 heteroatoms. The lowest BCUT2D eigenvalue weighted by molar-refractivity contribution is -0.138. The number of aliphatic carboxylic acids is 1. The fraction of sp³-hybridized carbons (Fsp3) is 0.424. The highest BCUT2D eigenvalue weighted by atomic mass is 19.1. The Morgan fingerprint density at radius 3 is 2.41 bits per heavy atom. The lowest BCUT2D eigenvalue weighted by Crippen LogP contribution is -2.25. The van der Waals surface area contributed by atoms with E-state index in [-0.39, 0.29) is 29.2 Å². The van der Waals surface area contributed by atoms with Crippen LogP contribution in [0.5, 0.6) is 11.5 Å². The molecule has 0 saturated heterocycles. The molecule has 3 aromatic rings. The Kier molecular flexibility index (Phi) is 8.36. The second-order valence-corrected chi connectivity index (χ2v) is 11.6. The van der Waals surface area contributed by atoms with Crippen molar-refractivity contribution in [1.82, 2.24) is 0 Å². The van der Waals surface area contributed by atoms with E-state index >= 15 is 4.39 Å². The Balaban J connectivity index is 1.68. The molecular weight excluding hydrogens is 495 g/mol. The molecule has 3 aromatic carbocycles. The van der Waals surface area contributed by atoms with Gasteiger partial charge in [0, 0.05) is 18.1 Å². The van der Waals surface area contributed by atoms with Crippen LogP contribution in [0.25, 0.3) is 11.1 Å². The number of carboxylic acids is 1. The van der Waals surface area contributed by atoms with Crippen LogP contribution >= 0.6 is 0 Å². The van der Waals surface area contributed by atoms with Gasteiger partial charge in [-0.2, -0.15) is 0 Å². The van der Waals surface area contributed by atoms with Crippen molar-refractivity contribution in [3.63, 3.8) is 0 Å². The molecule has 4 rings (SSSR count). The summed E-state index contributed by atoms with van der Waals surface area (Å²) in [5.74, 6) is 0.186. The summed E-state index contributed by atoms with van der Waals surface area (Å²) < 4.78 is 32.6. The minimum atomic E-state index is -0.775. The summed E-state index contributed by atoms with van der Waals surface area (Å²) in [4.78, 5) is 11.6. The Hall–Kier alpha value is -3.38. The number of hydrogen-bond donors (Lipinski definition) is 1. The maximum Gasteiger partial charge on any atom is 0.304 e. The van der Waals surface area contributed by atoms with Crippen LogP contribution in [0.4, 0.5) is 4.39 Å². The third-order valence-corrected chi connectivity index (χ3v) is 7.98. The van der Waals surface area contributed by atoms with Gasteiger partial charge >= 0.3 is 5.97 Å². The van der Waals surface area contributed by atoms with Crippen molar-refractivity contribution in [2.45, 2.75) is 71.5 Å². The highest BCUT2D eigenvalue weighted by molar-refractivity contribution is 5.71. The molecule has 1 aliphatic rings. The van der Waals surface area contributed by atoms with Crippen LogP contribution in [0, 0.1) is 11.2 Å². The van der Waals surface area contributed by atoms with Crippen molar-refractivity contribution in [3.8, 4) is 22.6 Å². The van der Waals surface area contributed by atoms with Crippen molar-refractivity contribution in [3.05, 3.63) is 82.7 Å². The van der Waals surface area contributed by atoms with Crippen LogP contribution in [0.1, 0.15) is 75.3 Å². The smallest absolute Gasteiger partial charge is 0.304 e. The van der Waals surface area contributed by atoms with Gasteiger partial charge in [-0.05, 0) is 88.9 Å². The minimum absolute atomic E-state index is 0.122. The summed E-state index contributed by atoms with van der Waals surface area (Å²) in [6, 6.07) is 16.7. The molecule has 39 heavy (non-hydrogen) atoms. The molecule has 0 aliphatic heterocycles. The van der Waals surface area contributed by atoms with Crippen molar-refractivity contribution in [2.24, 2.45) is 5.41 Å². The molecule has 208 valence electrons. The lowest BCUT2D eigenvalue weighted by atomic mass is 9.76.